The fourth-order valence-corrected chi connectivity index (χ4v) is 2.35. The summed E-state index contributed by atoms with van der Waals surface area (Å²) in [4.78, 5) is 10.9. The number of halogens is 1. The Morgan fingerprint density at radius 3 is 2.67 bits per heavy atom. The van der Waals surface area contributed by atoms with E-state index in [2.05, 4.69) is 5.32 Å². The lowest BCUT2D eigenvalue weighted by Gasteiger charge is -2.14. The molecule has 0 aliphatic heterocycles. The SMILES string of the molecule is CCOc1cc(CNc2cc(Cl)ccc2C)ccc1OCC(N)=O. The van der Waals surface area contributed by atoms with Crippen LogP contribution in [0.25, 0.3) is 0 Å². The Labute approximate surface area is 146 Å². The molecule has 1 amide bonds. The molecule has 6 heteroatoms. The molecule has 0 aliphatic rings. The van der Waals surface area contributed by atoms with Gasteiger partial charge < -0.3 is 20.5 Å². The molecule has 2 aromatic carbocycles. The van der Waals surface area contributed by atoms with E-state index in [1.165, 1.54) is 0 Å². The van der Waals surface area contributed by atoms with Crippen LogP contribution in [0, 0.1) is 6.92 Å². The van der Waals surface area contributed by atoms with E-state index in [1.807, 2.05) is 44.2 Å². The van der Waals surface area contributed by atoms with Crippen LogP contribution in [0.2, 0.25) is 5.02 Å². The number of carbonyl (C=O) groups excluding carboxylic acids is 1. The van der Waals surface area contributed by atoms with Crippen molar-refractivity contribution in [2.24, 2.45) is 5.73 Å². The Bertz CT molecular complexity index is 719. The van der Waals surface area contributed by atoms with Crippen LogP contribution in [0.5, 0.6) is 11.5 Å². The molecule has 0 aromatic heterocycles. The van der Waals surface area contributed by atoms with Crippen LogP contribution < -0.4 is 20.5 Å². The van der Waals surface area contributed by atoms with Gasteiger partial charge in [-0.05, 0) is 49.2 Å². The minimum Gasteiger partial charge on any atom is -0.490 e. The summed E-state index contributed by atoms with van der Waals surface area (Å²) in [5, 5.41) is 4.04. The summed E-state index contributed by atoms with van der Waals surface area (Å²) >= 11 is 6.03. The third-order valence-electron chi connectivity index (χ3n) is 3.36. The highest BCUT2D eigenvalue weighted by Crippen LogP contribution is 2.29. The van der Waals surface area contributed by atoms with Gasteiger partial charge in [0.15, 0.2) is 18.1 Å². The van der Waals surface area contributed by atoms with Crippen molar-refractivity contribution >= 4 is 23.2 Å². The second-order valence-corrected chi connectivity index (χ2v) is 5.72. The molecule has 0 saturated carbocycles. The van der Waals surface area contributed by atoms with Crippen LogP contribution in [-0.4, -0.2) is 19.1 Å². The molecule has 0 saturated heterocycles. The summed E-state index contributed by atoms with van der Waals surface area (Å²) in [6.45, 7) is 4.83. The van der Waals surface area contributed by atoms with Crippen molar-refractivity contribution in [1.29, 1.82) is 0 Å². The molecular weight excluding hydrogens is 328 g/mol. The smallest absolute Gasteiger partial charge is 0.255 e. The maximum Gasteiger partial charge on any atom is 0.255 e. The van der Waals surface area contributed by atoms with E-state index in [0.717, 1.165) is 16.8 Å². The third-order valence-corrected chi connectivity index (χ3v) is 3.60. The Morgan fingerprint density at radius 1 is 1.17 bits per heavy atom. The van der Waals surface area contributed by atoms with Gasteiger partial charge in [0.25, 0.3) is 5.91 Å². The number of hydrogen-bond acceptors (Lipinski definition) is 4. The number of nitrogens with two attached hydrogens (primary N) is 1. The van der Waals surface area contributed by atoms with Crippen molar-refractivity contribution in [2.45, 2.75) is 20.4 Å². The molecule has 0 atom stereocenters. The maximum absolute atomic E-state index is 10.9. The van der Waals surface area contributed by atoms with Crippen LogP contribution >= 0.6 is 11.6 Å². The van der Waals surface area contributed by atoms with E-state index in [0.29, 0.717) is 29.7 Å². The first-order valence-corrected chi connectivity index (χ1v) is 8.04. The lowest BCUT2D eigenvalue weighted by atomic mass is 10.1. The van der Waals surface area contributed by atoms with Crippen molar-refractivity contribution < 1.29 is 14.3 Å². The fourth-order valence-electron chi connectivity index (χ4n) is 2.18. The van der Waals surface area contributed by atoms with Crippen LogP contribution in [0.15, 0.2) is 36.4 Å². The van der Waals surface area contributed by atoms with Crippen molar-refractivity contribution in [3.05, 3.63) is 52.5 Å². The minimum atomic E-state index is -0.528. The van der Waals surface area contributed by atoms with Crippen molar-refractivity contribution in [1.82, 2.24) is 0 Å². The zero-order valence-electron chi connectivity index (χ0n) is 13.8. The molecule has 5 nitrogen and oxygen atoms in total. The molecular formula is C18H21ClN2O3. The summed E-state index contributed by atoms with van der Waals surface area (Å²) in [5.74, 6) is 0.554. The molecule has 2 aromatic rings. The standard InChI is InChI=1S/C18H21ClN2O3/c1-3-23-17-8-13(5-7-16(17)24-11-18(20)22)10-21-15-9-14(19)6-4-12(15)2/h4-9,21H,3,10-11H2,1-2H3,(H2,20,22). The average molecular weight is 349 g/mol. The quantitative estimate of drug-likeness (QED) is 0.765. The topological polar surface area (TPSA) is 73.6 Å². The van der Waals surface area contributed by atoms with E-state index in [-0.39, 0.29) is 6.61 Å². The van der Waals surface area contributed by atoms with Gasteiger partial charge in [0.2, 0.25) is 0 Å². The first kappa shape index (κ1) is 17.9. The minimum absolute atomic E-state index is 0.181. The molecule has 3 N–H and O–H groups in total. The number of anilines is 1. The number of carbonyl (C=O) groups is 1. The molecule has 0 spiro atoms. The van der Waals surface area contributed by atoms with E-state index in [9.17, 15) is 4.79 Å². The molecule has 0 unspecified atom stereocenters. The number of benzene rings is 2. The van der Waals surface area contributed by atoms with Gasteiger partial charge in [-0.3, -0.25) is 4.79 Å². The molecule has 2 rings (SSSR count). The normalized spacial score (nSPS) is 10.3. The van der Waals surface area contributed by atoms with Gasteiger partial charge in [-0.1, -0.05) is 23.7 Å². The molecule has 128 valence electrons. The largest absolute Gasteiger partial charge is 0.490 e. The van der Waals surface area contributed by atoms with Gasteiger partial charge in [-0.25, -0.2) is 0 Å². The number of ether oxygens (including phenoxy) is 2. The van der Waals surface area contributed by atoms with Gasteiger partial charge in [0.05, 0.1) is 6.61 Å². The van der Waals surface area contributed by atoms with Crippen LogP contribution in [-0.2, 0) is 11.3 Å². The number of nitrogens with one attached hydrogen (secondary N) is 1. The van der Waals surface area contributed by atoms with Gasteiger partial charge in [-0.15, -0.1) is 0 Å². The van der Waals surface area contributed by atoms with E-state index in [4.69, 9.17) is 26.8 Å². The number of primary amides is 1. The lowest BCUT2D eigenvalue weighted by Crippen LogP contribution is -2.20. The Hall–Kier alpha value is -2.40. The summed E-state index contributed by atoms with van der Waals surface area (Å²) in [6.07, 6.45) is 0. The highest BCUT2D eigenvalue weighted by Gasteiger charge is 2.08. The molecule has 0 radical (unpaired) electrons. The Morgan fingerprint density at radius 2 is 1.96 bits per heavy atom. The van der Waals surface area contributed by atoms with E-state index >= 15 is 0 Å². The molecule has 24 heavy (non-hydrogen) atoms. The molecule has 0 bridgehead atoms. The van der Waals surface area contributed by atoms with Crippen molar-refractivity contribution in [3.63, 3.8) is 0 Å². The monoisotopic (exact) mass is 348 g/mol. The predicted molar refractivity (Wildman–Crippen MR) is 95.8 cm³/mol. The van der Waals surface area contributed by atoms with E-state index < -0.39 is 5.91 Å². The second-order valence-electron chi connectivity index (χ2n) is 5.28. The second kappa shape index (κ2) is 8.45. The van der Waals surface area contributed by atoms with Crippen LogP contribution in [0.3, 0.4) is 0 Å². The first-order chi connectivity index (χ1) is 11.5. The summed E-state index contributed by atoms with van der Waals surface area (Å²) in [5.41, 5.74) is 8.22. The number of amides is 1. The number of hydrogen-bond donors (Lipinski definition) is 2. The number of rotatable bonds is 8. The van der Waals surface area contributed by atoms with Gasteiger partial charge in [-0.2, -0.15) is 0 Å². The summed E-state index contributed by atoms with van der Waals surface area (Å²) < 4.78 is 10.9. The predicted octanol–water partition coefficient (Wildman–Crippen LogP) is 3.52. The molecule has 0 fully saturated rings. The average Bonchev–Trinajstić information content (AvgIpc) is 2.55. The van der Waals surface area contributed by atoms with Gasteiger partial charge in [0.1, 0.15) is 0 Å². The first-order valence-electron chi connectivity index (χ1n) is 7.66. The van der Waals surface area contributed by atoms with Crippen molar-refractivity contribution in [3.8, 4) is 11.5 Å². The van der Waals surface area contributed by atoms with Crippen molar-refractivity contribution in [2.75, 3.05) is 18.5 Å². The highest BCUT2D eigenvalue weighted by molar-refractivity contribution is 6.30. The lowest BCUT2D eigenvalue weighted by molar-refractivity contribution is -0.119. The Kier molecular flexibility index (Phi) is 6.32. The van der Waals surface area contributed by atoms with E-state index in [1.54, 1.807) is 6.07 Å². The summed E-state index contributed by atoms with van der Waals surface area (Å²) in [7, 11) is 0. The van der Waals surface area contributed by atoms with Crippen LogP contribution in [0.4, 0.5) is 5.69 Å². The number of aryl methyl sites for hydroxylation is 1. The zero-order chi connectivity index (χ0) is 17.5. The highest BCUT2D eigenvalue weighted by atomic mass is 35.5. The molecule has 0 aliphatic carbocycles. The third kappa shape index (κ3) is 5.06. The van der Waals surface area contributed by atoms with Gasteiger partial charge in [0, 0.05) is 17.3 Å². The zero-order valence-corrected chi connectivity index (χ0v) is 14.5. The molecule has 0 heterocycles. The maximum atomic E-state index is 10.9. The van der Waals surface area contributed by atoms with Gasteiger partial charge >= 0.3 is 0 Å². The fraction of sp³-hybridized carbons (Fsp3) is 0.278. The van der Waals surface area contributed by atoms with Crippen LogP contribution in [0.1, 0.15) is 18.1 Å². The summed E-state index contributed by atoms with van der Waals surface area (Å²) in [6, 6.07) is 11.3. The Balaban J connectivity index is 2.11.